The molecule has 6 heteroatoms. The van der Waals surface area contributed by atoms with Crippen LogP contribution in [-0.2, 0) is 4.79 Å². The molecule has 21 heavy (non-hydrogen) atoms. The maximum atomic E-state index is 12.9. The molecule has 2 heterocycles. The van der Waals surface area contributed by atoms with Gasteiger partial charge in [0.05, 0.1) is 11.3 Å². The predicted octanol–water partition coefficient (Wildman–Crippen LogP) is 0.841. The van der Waals surface area contributed by atoms with E-state index in [2.05, 4.69) is 10.6 Å². The van der Waals surface area contributed by atoms with Gasteiger partial charge in [-0.1, -0.05) is 6.07 Å². The van der Waals surface area contributed by atoms with E-state index in [1.54, 1.807) is 24.8 Å². The van der Waals surface area contributed by atoms with E-state index in [9.17, 15) is 9.59 Å². The minimum Gasteiger partial charge on any atom is -0.489 e. The lowest BCUT2D eigenvalue weighted by Gasteiger charge is -2.41. The van der Waals surface area contributed by atoms with Crippen molar-refractivity contribution in [3.8, 4) is 5.75 Å². The van der Waals surface area contributed by atoms with Gasteiger partial charge in [0, 0.05) is 19.6 Å². The molecule has 0 saturated carbocycles. The smallest absolute Gasteiger partial charge is 0.258 e. The summed E-state index contributed by atoms with van der Waals surface area (Å²) in [7, 11) is 0. The minimum atomic E-state index is -0.861. The number of amides is 2. The van der Waals surface area contributed by atoms with Gasteiger partial charge in [-0.15, -0.1) is 0 Å². The monoisotopic (exact) mass is 289 g/mol. The van der Waals surface area contributed by atoms with Gasteiger partial charge in [-0.2, -0.15) is 0 Å². The molecule has 3 rings (SSSR count). The fourth-order valence-electron chi connectivity index (χ4n) is 2.74. The van der Waals surface area contributed by atoms with E-state index < -0.39 is 5.54 Å². The normalized spacial score (nSPS) is 19.9. The summed E-state index contributed by atoms with van der Waals surface area (Å²) in [6, 6.07) is 5.46. The molecule has 1 aromatic carbocycles. The van der Waals surface area contributed by atoms with Crippen molar-refractivity contribution in [3.63, 3.8) is 0 Å². The largest absolute Gasteiger partial charge is 0.489 e. The molecular formula is C15H19N3O3. The van der Waals surface area contributed by atoms with Gasteiger partial charge in [0.15, 0.2) is 5.75 Å². The van der Waals surface area contributed by atoms with Crippen molar-refractivity contribution >= 4 is 17.5 Å². The lowest BCUT2D eigenvalue weighted by Crippen LogP contribution is -2.63. The first-order valence-electron chi connectivity index (χ1n) is 7.12. The van der Waals surface area contributed by atoms with Gasteiger partial charge in [-0.05, 0) is 26.0 Å². The standard InChI is InChI=1S/C15H19N3O3/c1-15(2)14(20)17-6-8-18(15)13(19)10-4-3-5-11-12(10)21-9-7-16-11/h3-5,16H,6-9H2,1-2H3,(H,17,20). The maximum absolute atomic E-state index is 12.9. The van der Waals surface area contributed by atoms with E-state index in [0.717, 1.165) is 12.2 Å². The number of carbonyl (C=O) groups excluding carboxylic acids is 2. The minimum absolute atomic E-state index is 0.133. The van der Waals surface area contributed by atoms with Crippen molar-refractivity contribution in [2.75, 3.05) is 31.6 Å². The highest BCUT2D eigenvalue weighted by Crippen LogP contribution is 2.33. The first kappa shape index (κ1) is 13.7. The maximum Gasteiger partial charge on any atom is 0.258 e. The second-order valence-electron chi connectivity index (χ2n) is 5.73. The number of nitrogens with zero attached hydrogens (tertiary/aromatic N) is 1. The molecule has 6 nitrogen and oxygen atoms in total. The van der Waals surface area contributed by atoms with Crippen molar-refractivity contribution in [3.05, 3.63) is 23.8 Å². The third-order valence-corrected chi connectivity index (χ3v) is 4.01. The molecule has 2 aliphatic rings. The summed E-state index contributed by atoms with van der Waals surface area (Å²) in [6.45, 7) is 5.74. The van der Waals surface area contributed by atoms with Crippen LogP contribution in [0.2, 0.25) is 0 Å². The van der Waals surface area contributed by atoms with Gasteiger partial charge < -0.3 is 20.3 Å². The van der Waals surface area contributed by atoms with Crippen LogP contribution in [0.25, 0.3) is 0 Å². The molecule has 112 valence electrons. The number of ether oxygens (including phenoxy) is 1. The fourth-order valence-corrected chi connectivity index (χ4v) is 2.74. The Morgan fingerprint density at radius 2 is 2.10 bits per heavy atom. The number of para-hydroxylation sites is 1. The van der Waals surface area contributed by atoms with Crippen LogP contribution < -0.4 is 15.4 Å². The van der Waals surface area contributed by atoms with Crippen molar-refractivity contribution in [1.29, 1.82) is 0 Å². The van der Waals surface area contributed by atoms with Crippen LogP contribution >= 0.6 is 0 Å². The Morgan fingerprint density at radius 3 is 2.90 bits per heavy atom. The van der Waals surface area contributed by atoms with Crippen molar-refractivity contribution in [1.82, 2.24) is 10.2 Å². The van der Waals surface area contributed by atoms with Gasteiger partial charge in [-0.25, -0.2) is 0 Å². The van der Waals surface area contributed by atoms with Gasteiger partial charge in [0.2, 0.25) is 5.91 Å². The number of hydrogen-bond acceptors (Lipinski definition) is 4. The Kier molecular flexibility index (Phi) is 3.23. The third kappa shape index (κ3) is 2.20. The second-order valence-corrected chi connectivity index (χ2v) is 5.73. The second kappa shape index (κ2) is 4.95. The van der Waals surface area contributed by atoms with Gasteiger partial charge in [-0.3, -0.25) is 9.59 Å². The number of fused-ring (bicyclic) bond motifs is 1. The van der Waals surface area contributed by atoms with Crippen LogP contribution in [0, 0.1) is 0 Å². The number of anilines is 1. The van der Waals surface area contributed by atoms with E-state index in [0.29, 0.717) is 31.0 Å². The number of rotatable bonds is 1. The zero-order valence-electron chi connectivity index (χ0n) is 12.2. The number of piperazine rings is 1. The summed E-state index contributed by atoms with van der Waals surface area (Å²) in [6.07, 6.45) is 0. The number of benzene rings is 1. The summed E-state index contributed by atoms with van der Waals surface area (Å²) < 4.78 is 5.65. The molecule has 0 aromatic heterocycles. The fraction of sp³-hybridized carbons (Fsp3) is 0.467. The Balaban J connectivity index is 1.97. The predicted molar refractivity (Wildman–Crippen MR) is 78.6 cm³/mol. The zero-order chi connectivity index (χ0) is 15.0. The van der Waals surface area contributed by atoms with Crippen LogP contribution in [0.3, 0.4) is 0 Å². The van der Waals surface area contributed by atoms with E-state index >= 15 is 0 Å². The van der Waals surface area contributed by atoms with Gasteiger partial charge >= 0.3 is 0 Å². The summed E-state index contributed by atoms with van der Waals surface area (Å²) in [5.74, 6) is 0.275. The molecule has 2 aliphatic heterocycles. The van der Waals surface area contributed by atoms with Crippen LogP contribution in [0.15, 0.2) is 18.2 Å². The van der Waals surface area contributed by atoms with Crippen LogP contribution in [0.1, 0.15) is 24.2 Å². The Hall–Kier alpha value is -2.24. The molecule has 0 bridgehead atoms. The molecule has 2 N–H and O–H groups in total. The average Bonchev–Trinajstić information content (AvgIpc) is 2.49. The molecule has 0 aliphatic carbocycles. The first-order valence-corrected chi connectivity index (χ1v) is 7.12. The summed E-state index contributed by atoms with van der Waals surface area (Å²) in [5, 5.41) is 6.01. The molecule has 1 fully saturated rings. The van der Waals surface area contributed by atoms with Gasteiger partial charge in [0.1, 0.15) is 12.1 Å². The van der Waals surface area contributed by atoms with E-state index in [4.69, 9.17) is 4.74 Å². The first-order chi connectivity index (χ1) is 10.0. The molecule has 0 spiro atoms. The summed E-state index contributed by atoms with van der Waals surface area (Å²) >= 11 is 0. The Labute approximate surface area is 123 Å². The number of hydrogen-bond donors (Lipinski definition) is 2. The quantitative estimate of drug-likeness (QED) is 0.804. The molecule has 0 radical (unpaired) electrons. The highest BCUT2D eigenvalue weighted by atomic mass is 16.5. The highest BCUT2D eigenvalue weighted by Gasteiger charge is 2.41. The number of carbonyl (C=O) groups is 2. The van der Waals surface area contributed by atoms with Crippen LogP contribution in [0.5, 0.6) is 5.75 Å². The summed E-state index contributed by atoms with van der Waals surface area (Å²) in [5.41, 5.74) is 0.467. The lowest BCUT2D eigenvalue weighted by molar-refractivity contribution is -0.133. The Morgan fingerprint density at radius 1 is 1.29 bits per heavy atom. The van der Waals surface area contributed by atoms with E-state index in [-0.39, 0.29) is 11.8 Å². The van der Waals surface area contributed by atoms with Crippen LogP contribution in [0.4, 0.5) is 5.69 Å². The number of nitrogens with one attached hydrogen (secondary N) is 2. The molecule has 1 saturated heterocycles. The molecular weight excluding hydrogens is 270 g/mol. The van der Waals surface area contributed by atoms with Crippen molar-refractivity contribution in [2.45, 2.75) is 19.4 Å². The molecule has 2 amide bonds. The zero-order valence-corrected chi connectivity index (χ0v) is 12.2. The highest BCUT2D eigenvalue weighted by molar-refractivity contribution is 6.02. The van der Waals surface area contributed by atoms with Crippen molar-refractivity contribution < 1.29 is 14.3 Å². The molecule has 0 unspecified atom stereocenters. The summed E-state index contributed by atoms with van der Waals surface area (Å²) in [4.78, 5) is 26.5. The third-order valence-electron chi connectivity index (χ3n) is 4.01. The lowest BCUT2D eigenvalue weighted by atomic mass is 9.97. The van der Waals surface area contributed by atoms with Gasteiger partial charge in [0.25, 0.3) is 5.91 Å². The molecule has 1 aromatic rings. The Bertz CT molecular complexity index is 598. The SMILES string of the molecule is CC1(C)C(=O)NCCN1C(=O)c1cccc2c1OCCN2. The van der Waals surface area contributed by atoms with E-state index in [1.165, 1.54) is 0 Å². The average molecular weight is 289 g/mol. The molecule has 0 atom stereocenters. The van der Waals surface area contributed by atoms with E-state index in [1.807, 2.05) is 12.1 Å². The topological polar surface area (TPSA) is 70.7 Å². The van der Waals surface area contributed by atoms with Crippen LogP contribution in [-0.4, -0.2) is 48.5 Å². The van der Waals surface area contributed by atoms with Crippen molar-refractivity contribution in [2.24, 2.45) is 0 Å².